The van der Waals surface area contributed by atoms with Gasteiger partial charge in [-0.15, -0.1) is 0 Å². The maximum Gasteiger partial charge on any atom is 0.00642 e. The molecule has 80 valence electrons. The third kappa shape index (κ3) is 2.10. The average Bonchev–Trinajstić information content (AvgIpc) is 2.27. The predicted octanol–water partition coefficient (Wildman–Crippen LogP) is 4.58. The molecule has 0 saturated carbocycles. The first-order valence-corrected chi connectivity index (χ1v) is 5.53. The zero-order valence-corrected chi connectivity index (χ0v) is 10.7. The Bertz CT molecular complexity index is 276. The van der Waals surface area contributed by atoms with Crippen molar-refractivity contribution < 1.29 is 0 Å². The van der Waals surface area contributed by atoms with Gasteiger partial charge in [-0.2, -0.15) is 0 Å². The molecule has 0 N–H and O–H groups in total. The van der Waals surface area contributed by atoms with E-state index in [0.717, 1.165) is 0 Å². The van der Waals surface area contributed by atoms with Gasteiger partial charge in [0.1, 0.15) is 0 Å². The van der Waals surface area contributed by atoms with Crippen LogP contribution < -0.4 is 0 Å². The van der Waals surface area contributed by atoms with Gasteiger partial charge in [0.15, 0.2) is 0 Å². The number of hydrogen-bond donors (Lipinski definition) is 0. The minimum Gasteiger partial charge on any atom is -0.0656 e. The van der Waals surface area contributed by atoms with Crippen molar-refractivity contribution in [3.63, 3.8) is 0 Å². The van der Waals surface area contributed by atoms with Crippen LogP contribution in [-0.2, 0) is 0 Å². The fourth-order valence-corrected chi connectivity index (χ4v) is 2.49. The Balaban J connectivity index is 3.04. The smallest absolute Gasteiger partial charge is 0.00642 e. The SMILES string of the molecule is CC1=CC=C(C(C)(C)C)C1C(C)(C)C. The largest absolute Gasteiger partial charge is 0.0656 e. The van der Waals surface area contributed by atoms with Gasteiger partial charge in [0.25, 0.3) is 0 Å². The average molecular weight is 192 g/mol. The molecule has 1 aliphatic carbocycles. The Hall–Kier alpha value is -0.520. The summed E-state index contributed by atoms with van der Waals surface area (Å²) in [7, 11) is 0. The lowest BCUT2D eigenvalue weighted by molar-refractivity contribution is 0.281. The Morgan fingerprint density at radius 3 is 1.71 bits per heavy atom. The maximum atomic E-state index is 2.33. The summed E-state index contributed by atoms with van der Waals surface area (Å²) in [6.45, 7) is 16.2. The summed E-state index contributed by atoms with van der Waals surface area (Å²) < 4.78 is 0. The van der Waals surface area contributed by atoms with Crippen molar-refractivity contribution >= 4 is 0 Å². The van der Waals surface area contributed by atoms with Crippen molar-refractivity contribution in [1.29, 1.82) is 0 Å². The summed E-state index contributed by atoms with van der Waals surface area (Å²) in [6, 6.07) is 0. The summed E-state index contributed by atoms with van der Waals surface area (Å²) in [5.74, 6) is 0.627. The number of allylic oxidation sites excluding steroid dienone is 4. The second kappa shape index (κ2) is 3.25. The van der Waals surface area contributed by atoms with Gasteiger partial charge in [-0.05, 0) is 17.8 Å². The molecular weight excluding hydrogens is 168 g/mol. The van der Waals surface area contributed by atoms with Crippen molar-refractivity contribution in [3.8, 4) is 0 Å². The van der Waals surface area contributed by atoms with E-state index < -0.39 is 0 Å². The first-order chi connectivity index (χ1) is 6.14. The van der Waals surface area contributed by atoms with Crippen molar-refractivity contribution in [1.82, 2.24) is 0 Å². The van der Waals surface area contributed by atoms with Crippen LogP contribution in [0, 0.1) is 16.7 Å². The molecule has 0 spiro atoms. The normalized spacial score (nSPS) is 23.5. The molecule has 0 saturated heterocycles. The third-order valence-corrected chi connectivity index (χ3v) is 3.02. The summed E-state index contributed by atoms with van der Waals surface area (Å²) in [4.78, 5) is 0. The molecular formula is C14H24. The molecule has 1 atom stereocenters. The Morgan fingerprint density at radius 1 is 0.929 bits per heavy atom. The van der Waals surface area contributed by atoms with Crippen molar-refractivity contribution in [3.05, 3.63) is 23.3 Å². The van der Waals surface area contributed by atoms with Crippen LogP contribution in [0.15, 0.2) is 23.3 Å². The Labute approximate surface area is 89.1 Å². The maximum absolute atomic E-state index is 2.33. The molecule has 0 aromatic heterocycles. The second-order valence-corrected chi connectivity index (χ2v) is 6.58. The van der Waals surface area contributed by atoms with E-state index in [9.17, 15) is 0 Å². The molecule has 0 bridgehead atoms. The van der Waals surface area contributed by atoms with Gasteiger partial charge in [0, 0.05) is 5.92 Å². The molecule has 1 unspecified atom stereocenters. The minimum atomic E-state index is 0.298. The second-order valence-electron chi connectivity index (χ2n) is 6.58. The Morgan fingerprint density at radius 2 is 1.43 bits per heavy atom. The molecule has 1 aliphatic rings. The van der Waals surface area contributed by atoms with Gasteiger partial charge >= 0.3 is 0 Å². The van der Waals surface area contributed by atoms with Crippen molar-refractivity contribution in [2.75, 3.05) is 0 Å². The van der Waals surface area contributed by atoms with E-state index in [1.54, 1.807) is 5.57 Å². The summed E-state index contributed by atoms with van der Waals surface area (Å²) in [5.41, 5.74) is 3.74. The Kier molecular flexibility index (Phi) is 2.69. The van der Waals surface area contributed by atoms with E-state index in [4.69, 9.17) is 0 Å². The standard InChI is InChI=1S/C14H24/c1-10-8-9-11(13(2,3)4)12(10)14(5,6)7/h8-9,12H,1-7H3. The molecule has 0 heteroatoms. The third-order valence-electron chi connectivity index (χ3n) is 3.02. The highest BCUT2D eigenvalue weighted by atomic mass is 14.4. The fraction of sp³-hybridized carbons (Fsp3) is 0.714. The van der Waals surface area contributed by atoms with Gasteiger partial charge < -0.3 is 0 Å². The molecule has 14 heavy (non-hydrogen) atoms. The van der Waals surface area contributed by atoms with Crippen molar-refractivity contribution in [2.45, 2.75) is 48.5 Å². The van der Waals surface area contributed by atoms with Crippen LogP contribution in [0.5, 0.6) is 0 Å². The topological polar surface area (TPSA) is 0 Å². The zero-order valence-electron chi connectivity index (χ0n) is 10.7. The monoisotopic (exact) mass is 192 g/mol. The van der Waals surface area contributed by atoms with Crippen LogP contribution in [0.1, 0.15) is 48.5 Å². The van der Waals surface area contributed by atoms with Crippen molar-refractivity contribution in [2.24, 2.45) is 16.7 Å². The molecule has 0 amide bonds. The van der Waals surface area contributed by atoms with Crippen LogP contribution >= 0.6 is 0 Å². The molecule has 1 rings (SSSR count). The molecule has 0 aromatic rings. The van der Waals surface area contributed by atoms with Gasteiger partial charge in [-0.3, -0.25) is 0 Å². The fourth-order valence-electron chi connectivity index (χ4n) is 2.49. The van der Waals surface area contributed by atoms with Gasteiger partial charge in [0.2, 0.25) is 0 Å². The van der Waals surface area contributed by atoms with Gasteiger partial charge in [-0.1, -0.05) is 64.8 Å². The molecule has 0 nitrogen and oxygen atoms in total. The van der Waals surface area contributed by atoms with E-state index in [1.807, 2.05) is 0 Å². The molecule has 0 fully saturated rings. The summed E-state index contributed by atoms with van der Waals surface area (Å²) >= 11 is 0. The summed E-state index contributed by atoms with van der Waals surface area (Å²) in [6.07, 6.45) is 4.61. The van der Waals surface area contributed by atoms with E-state index in [1.165, 1.54) is 5.57 Å². The number of rotatable bonds is 0. The molecule has 0 aliphatic heterocycles. The van der Waals surface area contributed by atoms with Crippen LogP contribution in [0.25, 0.3) is 0 Å². The van der Waals surface area contributed by atoms with E-state index >= 15 is 0 Å². The lowest BCUT2D eigenvalue weighted by Crippen LogP contribution is -2.27. The van der Waals surface area contributed by atoms with Crippen LogP contribution in [0.4, 0.5) is 0 Å². The lowest BCUT2D eigenvalue weighted by atomic mass is 9.68. The van der Waals surface area contributed by atoms with Crippen LogP contribution in [0.3, 0.4) is 0 Å². The van der Waals surface area contributed by atoms with Gasteiger partial charge in [0.05, 0.1) is 0 Å². The predicted molar refractivity (Wildman–Crippen MR) is 64.2 cm³/mol. The van der Waals surface area contributed by atoms with E-state index in [2.05, 4.69) is 60.6 Å². The quantitative estimate of drug-likeness (QED) is 0.527. The van der Waals surface area contributed by atoms with E-state index in [-0.39, 0.29) is 0 Å². The number of hydrogen-bond acceptors (Lipinski definition) is 0. The highest BCUT2D eigenvalue weighted by Crippen LogP contribution is 2.47. The molecule has 0 radical (unpaired) electrons. The molecule has 0 heterocycles. The van der Waals surface area contributed by atoms with Crippen LogP contribution in [-0.4, -0.2) is 0 Å². The zero-order chi connectivity index (χ0) is 11.1. The highest BCUT2D eigenvalue weighted by Gasteiger charge is 2.36. The minimum absolute atomic E-state index is 0.298. The first kappa shape index (κ1) is 11.6. The highest BCUT2D eigenvalue weighted by molar-refractivity contribution is 5.38. The summed E-state index contributed by atoms with van der Waals surface area (Å²) in [5, 5.41) is 0. The molecule has 0 aromatic carbocycles. The van der Waals surface area contributed by atoms with Gasteiger partial charge in [-0.25, -0.2) is 0 Å². The first-order valence-electron chi connectivity index (χ1n) is 5.53. The lowest BCUT2D eigenvalue weighted by Gasteiger charge is -2.37. The van der Waals surface area contributed by atoms with E-state index in [0.29, 0.717) is 16.7 Å². The van der Waals surface area contributed by atoms with Crippen LogP contribution in [0.2, 0.25) is 0 Å².